The van der Waals surface area contributed by atoms with Gasteiger partial charge in [-0.05, 0) is 19.8 Å². The Hall–Kier alpha value is -1.67. The molecule has 0 bridgehead atoms. The van der Waals surface area contributed by atoms with E-state index in [0.717, 1.165) is 5.69 Å². The van der Waals surface area contributed by atoms with Gasteiger partial charge in [0.1, 0.15) is 6.04 Å². The molecule has 106 valence electrons. The van der Waals surface area contributed by atoms with E-state index in [2.05, 4.69) is 15.6 Å². The van der Waals surface area contributed by atoms with E-state index in [9.17, 15) is 9.59 Å². The van der Waals surface area contributed by atoms with Crippen LogP contribution in [0.2, 0.25) is 0 Å². The molecular weight excluding hydrogens is 270 g/mol. The van der Waals surface area contributed by atoms with Crippen molar-refractivity contribution in [2.24, 2.45) is 0 Å². The Morgan fingerprint density at radius 3 is 2.84 bits per heavy atom. The lowest BCUT2D eigenvalue weighted by molar-refractivity contribution is -0.139. The Morgan fingerprint density at radius 2 is 2.32 bits per heavy atom. The number of amides is 2. The van der Waals surface area contributed by atoms with Crippen molar-refractivity contribution in [2.75, 3.05) is 19.0 Å². The molecule has 0 saturated carbocycles. The summed E-state index contributed by atoms with van der Waals surface area (Å²) < 4.78 is 4.85. The number of hydrogen-bond acceptors (Lipinski definition) is 5. The Morgan fingerprint density at radius 1 is 1.58 bits per heavy atom. The fourth-order valence-electron chi connectivity index (χ4n) is 1.39. The topological polar surface area (TPSA) is 101 Å². The number of methoxy groups -OCH3 is 1. The van der Waals surface area contributed by atoms with Gasteiger partial charge in [-0.1, -0.05) is 0 Å². The van der Waals surface area contributed by atoms with Crippen LogP contribution in [0.1, 0.15) is 18.5 Å². The van der Waals surface area contributed by atoms with Crippen LogP contribution in [0.3, 0.4) is 0 Å². The van der Waals surface area contributed by atoms with Gasteiger partial charge < -0.3 is 15.2 Å². The van der Waals surface area contributed by atoms with Crippen molar-refractivity contribution in [3.05, 3.63) is 11.1 Å². The van der Waals surface area contributed by atoms with E-state index in [1.807, 2.05) is 6.92 Å². The summed E-state index contributed by atoms with van der Waals surface area (Å²) in [6.45, 7) is 2.27. The lowest BCUT2D eigenvalue weighted by Crippen LogP contribution is -2.43. The van der Waals surface area contributed by atoms with Crippen molar-refractivity contribution >= 4 is 28.5 Å². The van der Waals surface area contributed by atoms with Crippen molar-refractivity contribution in [2.45, 2.75) is 25.8 Å². The van der Waals surface area contributed by atoms with Crippen LogP contribution in [0.5, 0.6) is 0 Å². The molecule has 19 heavy (non-hydrogen) atoms. The minimum Gasteiger partial charge on any atom is -0.480 e. The molecule has 1 unspecified atom stereocenters. The van der Waals surface area contributed by atoms with Gasteiger partial charge in [0.2, 0.25) is 0 Å². The molecule has 1 aromatic rings. The smallest absolute Gasteiger partial charge is 0.326 e. The van der Waals surface area contributed by atoms with Gasteiger partial charge in [0, 0.05) is 19.1 Å². The standard InChI is InChI=1S/C11H17N3O4S/c1-7-6-19-11(12-7)14-10(17)13-8(9(15)16)4-3-5-18-2/h6,8H,3-5H2,1-2H3,(H,15,16)(H2,12,13,14,17). The summed E-state index contributed by atoms with van der Waals surface area (Å²) in [5, 5.41) is 16.1. The SMILES string of the molecule is COCCCC(NC(=O)Nc1nc(C)cs1)C(=O)O. The van der Waals surface area contributed by atoms with Gasteiger partial charge in [-0.25, -0.2) is 14.6 Å². The Kier molecular flexibility index (Phi) is 6.23. The molecule has 0 aromatic carbocycles. The summed E-state index contributed by atoms with van der Waals surface area (Å²) in [5.74, 6) is -1.07. The first kappa shape index (κ1) is 15.4. The number of carboxylic acid groups (broad SMARTS) is 1. The first-order valence-electron chi connectivity index (χ1n) is 5.74. The predicted octanol–water partition coefficient (Wildman–Crippen LogP) is 1.45. The molecule has 8 heteroatoms. The molecule has 0 aliphatic carbocycles. The quantitative estimate of drug-likeness (QED) is 0.659. The minimum atomic E-state index is -1.07. The summed E-state index contributed by atoms with van der Waals surface area (Å²) in [4.78, 5) is 26.7. The van der Waals surface area contributed by atoms with E-state index >= 15 is 0 Å². The first-order valence-corrected chi connectivity index (χ1v) is 6.62. The zero-order valence-electron chi connectivity index (χ0n) is 10.8. The number of nitrogens with one attached hydrogen (secondary N) is 2. The number of ether oxygens (including phenoxy) is 1. The van der Waals surface area contributed by atoms with E-state index in [-0.39, 0.29) is 0 Å². The van der Waals surface area contributed by atoms with Gasteiger partial charge in [-0.3, -0.25) is 5.32 Å². The van der Waals surface area contributed by atoms with Crippen molar-refractivity contribution in [1.29, 1.82) is 0 Å². The van der Waals surface area contributed by atoms with Gasteiger partial charge in [-0.2, -0.15) is 0 Å². The third-order valence-electron chi connectivity index (χ3n) is 2.28. The van der Waals surface area contributed by atoms with Gasteiger partial charge in [0.15, 0.2) is 5.13 Å². The number of carbonyl (C=O) groups is 2. The highest BCUT2D eigenvalue weighted by atomic mass is 32.1. The van der Waals surface area contributed by atoms with E-state index in [1.165, 1.54) is 11.3 Å². The van der Waals surface area contributed by atoms with E-state index < -0.39 is 18.0 Å². The van der Waals surface area contributed by atoms with Crippen LogP contribution in [-0.4, -0.2) is 41.8 Å². The Bertz CT molecular complexity index is 435. The maximum Gasteiger partial charge on any atom is 0.326 e. The molecule has 0 saturated heterocycles. The monoisotopic (exact) mass is 287 g/mol. The molecule has 0 radical (unpaired) electrons. The van der Waals surface area contributed by atoms with Crippen molar-refractivity contribution < 1.29 is 19.4 Å². The molecule has 1 rings (SSSR count). The number of urea groups is 1. The summed E-state index contributed by atoms with van der Waals surface area (Å²) >= 11 is 1.28. The molecule has 0 fully saturated rings. The summed E-state index contributed by atoms with van der Waals surface area (Å²) in [6, 6.07) is -1.50. The molecular formula is C11H17N3O4S. The predicted molar refractivity (Wildman–Crippen MR) is 71.5 cm³/mol. The molecule has 2 amide bonds. The fraction of sp³-hybridized carbons (Fsp3) is 0.545. The number of carbonyl (C=O) groups excluding carboxylic acids is 1. The van der Waals surface area contributed by atoms with Crippen molar-refractivity contribution in [3.8, 4) is 0 Å². The van der Waals surface area contributed by atoms with Crippen LogP contribution >= 0.6 is 11.3 Å². The van der Waals surface area contributed by atoms with Gasteiger partial charge >= 0.3 is 12.0 Å². The number of aromatic nitrogens is 1. The summed E-state index contributed by atoms with van der Waals surface area (Å²) in [6.07, 6.45) is 0.873. The number of aliphatic carboxylic acids is 1. The van der Waals surface area contributed by atoms with E-state index in [1.54, 1.807) is 12.5 Å². The molecule has 1 heterocycles. The van der Waals surface area contributed by atoms with Crippen LogP contribution < -0.4 is 10.6 Å². The largest absolute Gasteiger partial charge is 0.480 e. The molecule has 0 aliphatic heterocycles. The first-order chi connectivity index (χ1) is 9.02. The van der Waals surface area contributed by atoms with Crippen LogP contribution in [0.4, 0.5) is 9.93 Å². The average Bonchev–Trinajstić information content (AvgIpc) is 2.73. The van der Waals surface area contributed by atoms with Crippen LogP contribution in [0.25, 0.3) is 0 Å². The lowest BCUT2D eigenvalue weighted by Gasteiger charge is -2.14. The maximum absolute atomic E-state index is 11.6. The molecule has 7 nitrogen and oxygen atoms in total. The molecule has 1 atom stereocenters. The van der Waals surface area contributed by atoms with E-state index in [4.69, 9.17) is 9.84 Å². The highest BCUT2D eigenvalue weighted by Crippen LogP contribution is 2.14. The van der Waals surface area contributed by atoms with Gasteiger partial charge in [-0.15, -0.1) is 11.3 Å². The molecule has 0 aliphatic rings. The molecule has 1 aromatic heterocycles. The van der Waals surface area contributed by atoms with Crippen molar-refractivity contribution in [1.82, 2.24) is 10.3 Å². The van der Waals surface area contributed by atoms with Crippen LogP contribution in [-0.2, 0) is 9.53 Å². The Balaban J connectivity index is 2.44. The number of carboxylic acids is 1. The Labute approximate surface area is 115 Å². The minimum absolute atomic E-state index is 0.313. The van der Waals surface area contributed by atoms with Gasteiger partial charge in [0.25, 0.3) is 0 Å². The van der Waals surface area contributed by atoms with Crippen molar-refractivity contribution in [3.63, 3.8) is 0 Å². The van der Waals surface area contributed by atoms with Gasteiger partial charge in [0.05, 0.1) is 5.69 Å². The zero-order valence-corrected chi connectivity index (χ0v) is 11.6. The third-order valence-corrected chi connectivity index (χ3v) is 3.16. The zero-order chi connectivity index (χ0) is 14.3. The number of anilines is 1. The second-order valence-corrected chi connectivity index (χ2v) is 4.78. The number of aryl methyl sites for hydroxylation is 1. The summed E-state index contributed by atoms with van der Waals surface area (Å²) in [7, 11) is 1.54. The fourth-order valence-corrected chi connectivity index (χ4v) is 2.08. The average molecular weight is 287 g/mol. The van der Waals surface area contributed by atoms with Crippen LogP contribution in [0, 0.1) is 6.92 Å². The second kappa shape index (κ2) is 7.70. The number of rotatable bonds is 7. The summed E-state index contributed by atoms with van der Waals surface area (Å²) in [5.41, 5.74) is 0.801. The lowest BCUT2D eigenvalue weighted by atomic mass is 10.1. The molecule has 0 spiro atoms. The maximum atomic E-state index is 11.6. The highest BCUT2D eigenvalue weighted by Gasteiger charge is 2.19. The normalized spacial score (nSPS) is 11.9. The molecule has 3 N–H and O–H groups in total. The number of hydrogen-bond donors (Lipinski definition) is 3. The third kappa shape index (κ3) is 5.66. The number of thiazole rings is 1. The second-order valence-electron chi connectivity index (χ2n) is 3.92. The van der Waals surface area contributed by atoms with Crippen LogP contribution in [0.15, 0.2) is 5.38 Å². The van der Waals surface area contributed by atoms with E-state index in [0.29, 0.717) is 24.6 Å². The highest BCUT2D eigenvalue weighted by molar-refractivity contribution is 7.13. The number of nitrogens with zero attached hydrogens (tertiary/aromatic N) is 1.